The van der Waals surface area contributed by atoms with Crippen molar-refractivity contribution in [2.75, 3.05) is 5.73 Å². The molecule has 0 amide bonds. The van der Waals surface area contributed by atoms with E-state index in [9.17, 15) is 0 Å². The van der Waals surface area contributed by atoms with E-state index in [1.54, 1.807) is 6.07 Å². The lowest BCUT2D eigenvalue weighted by Gasteiger charge is -1.95. The molecular formula is C7H7ClN4. The van der Waals surface area contributed by atoms with Gasteiger partial charge in [-0.05, 0) is 13.0 Å². The van der Waals surface area contributed by atoms with Gasteiger partial charge in [0.2, 0.25) is 0 Å². The van der Waals surface area contributed by atoms with E-state index in [-0.39, 0.29) is 0 Å². The van der Waals surface area contributed by atoms with Crippen molar-refractivity contribution < 1.29 is 0 Å². The number of aryl methyl sites for hydroxylation is 1. The van der Waals surface area contributed by atoms with Crippen molar-refractivity contribution in [2.45, 2.75) is 6.92 Å². The third kappa shape index (κ3) is 0.921. The Morgan fingerprint density at radius 2 is 2.33 bits per heavy atom. The summed E-state index contributed by atoms with van der Waals surface area (Å²) in [6, 6.07) is 1.77. The van der Waals surface area contributed by atoms with Gasteiger partial charge in [-0.15, -0.1) is 0 Å². The molecule has 2 heterocycles. The Morgan fingerprint density at radius 1 is 1.58 bits per heavy atom. The topological polar surface area (TPSA) is 67.6 Å². The molecule has 0 spiro atoms. The summed E-state index contributed by atoms with van der Waals surface area (Å²) in [5, 5.41) is 7.96. The maximum Gasteiger partial charge on any atom is 0.182 e. The molecule has 0 radical (unpaired) electrons. The molecule has 3 N–H and O–H groups in total. The molecule has 2 rings (SSSR count). The van der Waals surface area contributed by atoms with E-state index in [1.807, 2.05) is 6.92 Å². The second kappa shape index (κ2) is 2.35. The van der Waals surface area contributed by atoms with E-state index in [4.69, 9.17) is 17.3 Å². The zero-order valence-corrected chi connectivity index (χ0v) is 7.18. The molecule has 0 aromatic carbocycles. The van der Waals surface area contributed by atoms with Crippen molar-refractivity contribution in [3.63, 3.8) is 0 Å². The second-order valence-corrected chi connectivity index (χ2v) is 2.95. The van der Waals surface area contributed by atoms with Gasteiger partial charge in [0.15, 0.2) is 10.8 Å². The van der Waals surface area contributed by atoms with Crippen LogP contribution in [0.3, 0.4) is 0 Å². The Morgan fingerprint density at radius 3 is 3.08 bits per heavy atom. The fraction of sp³-hybridized carbons (Fsp3) is 0.143. The van der Waals surface area contributed by atoms with Crippen LogP contribution in [0.25, 0.3) is 11.0 Å². The Bertz CT molecular complexity index is 434. The Kier molecular flexibility index (Phi) is 1.44. The number of fused-ring (bicyclic) bond motifs is 1. The standard InChI is InChI=1S/C7H7ClN4/c1-3-4-2-5(9)6(8)10-7(4)12-11-3/h2H,9H2,1H3,(H,10,11,12). The third-order valence-electron chi connectivity index (χ3n) is 1.72. The maximum atomic E-state index is 5.71. The number of nitrogens with two attached hydrogens (primary N) is 1. The maximum absolute atomic E-state index is 5.71. The molecular weight excluding hydrogens is 176 g/mol. The van der Waals surface area contributed by atoms with Crippen molar-refractivity contribution in [1.29, 1.82) is 0 Å². The number of rotatable bonds is 0. The van der Waals surface area contributed by atoms with E-state index >= 15 is 0 Å². The molecule has 0 unspecified atom stereocenters. The average molecular weight is 183 g/mol. The lowest BCUT2D eigenvalue weighted by Crippen LogP contribution is -1.89. The average Bonchev–Trinajstić information content (AvgIpc) is 2.35. The van der Waals surface area contributed by atoms with Gasteiger partial charge in [-0.1, -0.05) is 11.6 Å². The minimum absolute atomic E-state index is 0.300. The van der Waals surface area contributed by atoms with Crippen molar-refractivity contribution in [2.24, 2.45) is 0 Å². The van der Waals surface area contributed by atoms with E-state index in [2.05, 4.69) is 15.2 Å². The molecule has 62 valence electrons. The van der Waals surface area contributed by atoms with Crippen molar-refractivity contribution >= 4 is 28.3 Å². The molecule has 2 aromatic heterocycles. The summed E-state index contributed by atoms with van der Waals surface area (Å²) in [6.07, 6.45) is 0. The number of aromatic amines is 1. The van der Waals surface area contributed by atoms with E-state index in [0.29, 0.717) is 16.5 Å². The molecule has 0 saturated carbocycles. The van der Waals surface area contributed by atoms with Crippen LogP contribution in [0.15, 0.2) is 6.07 Å². The summed E-state index contributed by atoms with van der Waals surface area (Å²) < 4.78 is 0. The number of anilines is 1. The molecule has 0 atom stereocenters. The molecule has 0 aliphatic rings. The molecule has 2 aromatic rings. The zero-order valence-electron chi connectivity index (χ0n) is 6.43. The van der Waals surface area contributed by atoms with Gasteiger partial charge in [-0.2, -0.15) is 5.10 Å². The molecule has 0 aliphatic carbocycles. The Balaban J connectivity index is 2.87. The van der Waals surface area contributed by atoms with Crippen LogP contribution < -0.4 is 5.73 Å². The van der Waals surface area contributed by atoms with Gasteiger partial charge >= 0.3 is 0 Å². The fourth-order valence-electron chi connectivity index (χ4n) is 1.06. The number of nitrogens with zero attached hydrogens (tertiary/aromatic N) is 2. The van der Waals surface area contributed by atoms with Gasteiger partial charge in [0, 0.05) is 11.1 Å². The third-order valence-corrected chi connectivity index (χ3v) is 2.02. The summed E-state index contributed by atoms with van der Waals surface area (Å²) in [6.45, 7) is 1.91. The van der Waals surface area contributed by atoms with Gasteiger partial charge in [-0.25, -0.2) is 4.98 Å². The Labute approximate surface area is 73.7 Å². The first-order chi connectivity index (χ1) is 5.68. The summed E-state index contributed by atoms with van der Waals surface area (Å²) >= 11 is 5.71. The van der Waals surface area contributed by atoms with Crippen LogP contribution in [0.1, 0.15) is 5.69 Å². The van der Waals surface area contributed by atoms with Gasteiger partial charge in [0.25, 0.3) is 0 Å². The van der Waals surface area contributed by atoms with Gasteiger partial charge in [0.05, 0.1) is 5.69 Å². The quantitative estimate of drug-likeness (QED) is 0.607. The Hall–Kier alpha value is -1.29. The van der Waals surface area contributed by atoms with Crippen LogP contribution >= 0.6 is 11.6 Å². The highest BCUT2D eigenvalue weighted by Crippen LogP contribution is 2.22. The number of hydrogen-bond acceptors (Lipinski definition) is 3. The summed E-state index contributed by atoms with van der Waals surface area (Å²) in [7, 11) is 0. The van der Waals surface area contributed by atoms with Crippen LogP contribution in [-0.2, 0) is 0 Å². The smallest absolute Gasteiger partial charge is 0.182 e. The monoisotopic (exact) mass is 182 g/mol. The summed E-state index contributed by atoms with van der Waals surface area (Å²) in [5.41, 5.74) is 7.61. The van der Waals surface area contributed by atoms with Gasteiger partial charge in [-0.3, -0.25) is 5.10 Å². The highest BCUT2D eigenvalue weighted by molar-refractivity contribution is 6.32. The highest BCUT2D eigenvalue weighted by Gasteiger charge is 2.05. The van der Waals surface area contributed by atoms with E-state index in [1.165, 1.54) is 0 Å². The predicted molar refractivity (Wildman–Crippen MR) is 48.0 cm³/mol. The van der Waals surface area contributed by atoms with E-state index in [0.717, 1.165) is 11.1 Å². The predicted octanol–water partition coefficient (Wildman–Crippen LogP) is 1.50. The fourth-order valence-corrected chi connectivity index (χ4v) is 1.19. The SMILES string of the molecule is Cc1[nH]nc2nc(Cl)c(N)cc12. The molecule has 0 bridgehead atoms. The molecule has 0 saturated heterocycles. The number of halogens is 1. The highest BCUT2D eigenvalue weighted by atomic mass is 35.5. The van der Waals surface area contributed by atoms with Crippen LogP contribution in [-0.4, -0.2) is 15.2 Å². The molecule has 0 fully saturated rings. The van der Waals surface area contributed by atoms with Gasteiger partial charge in [0.1, 0.15) is 0 Å². The number of hydrogen-bond donors (Lipinski definition) is 2. The molecule has 5 heteroatoms. The van der Waals surface area contributed by atoms with Gasteiger partial charge < -0.3 is 5.73 Å². The number of nitrogen functional groups attached to an aromatic ring is 1. The van der Waals surface area contributed by atoms with Crippen molar-refractivity contribution in [3.8, 4) is 0 Å². The first-order valence-electron chi connectivity index (χ1n) is 3.45. The summed E-state index contributed by atoms with van der Waals surface area (Å²) in [5.74, 6) is 0. The first-order valence-corrected chi connectivity index (χ1v) is 3.83. The molecule has 12 heavy (non-hydrogen) atoms. The first kappa shape index (κ1) is 7.36. The number of pyridine rings is 1. The summed E-state index contributed by atoms with van der Waals surface area (Å²) in [4.78, 5) is 3.99. The zero-order chi connectivity index (χ0) is 8.72. The van der Waals surface area contributed by atoms with Crippen LogP contribution in [0.2, 0.25) is 5.15 Å². The lowest BCUT2D eigenvalue weighted by atomic mass is 10.3. The minimum atomic E-state index is 0.300. The number of aromatic nitrogens is 3. The minimum Gasteiger partial charge on any atom is -0.396 e. The van der Waals surface area contributed by atoms with Crippen molar-refractivity contribution in [3.05, 3.63) is 16.9 Å². The number of H-pyrrole nitrogens is 1. The van der Waals surface area contributed by atoms with E-state index < -0.39 is 0 Å². The largest absolute Gasteiger partial charge is 0.396 e. The van der Waals surface area contributed by atoms with Crippen LogP contribution in [0, 0.1) is 6.92 Å². The van der Waals surface area contributed by atoms with Crippen molar-refractivity contribution in [1.82, 2.24) is 15.2 Å². The number of nitrogens with one attached hydrogen (secondary N) is 1. The molecule has 0 aliphatic heterocycles. The molecule has 4 nitrogen and oxygen atoms in total. The lowest BCUT2D eigenvalue weighted by molar-refractivity contribution is 1.06. The normalized spacial score (nSPS) is 10.8. The van der Waals surface area contributed by atoms with Crippen LogP contribution in [0.4, 0.5) is 5.69 Å². The second-order valence-electron chi connectivity index (χ2n) is 2.59. The van der Waals surface area contributed by atoms with Crippen LogP contribution in [0.5, 0.6) is 0 Å².